The Bertz CT molecular complexity index is 1290. The second kappa shape index (κ2) is 10.0. The first-order valence-corrected chi connectivity index (χ1v) is 14.0. The van der Waals surface area contributed by atoms with E-state index in [1.165, 1.54) is 0 Å². The highest BCUT2D eigenvalue weighted by Gasteiger charge is 2.31. The van der Waals surface area contributed by atoms with Crippen LogP contribution in [0.2, 0.25) is 5.02 Å². The molecule has 2 aliphatic rings. The monoisotopic (exact) mass is 513 g/mol. The maximum absolute atomic E-state index is 12.9. The zero-order valence-corrected chi connectivity index (χ0v) is 20.9. The van der Waals surface area contributed by atoms with Crippen LogP contribution < -0.4 is 5.32 Å². The number of nitrogens with one attached hydrogen (secondary N) is 2. The normalized spacial score (nSPS) is 18.9. The molecule has 2 aliphatic heterocycles. The minimum absolute atomic E-state index is 0.151. The average Bonchev–Trinajstić information content (AvgIpc) is 3.36. The van der Waals surface area contributed by atoms with Crippen molar-refractivity contribution < 1.29 is 13.2 Å². The Balaban J connectivity index is 1.21. The van der Waals surface area contributed by atoms with E-state index in [-0.39, 0.29) is 17.5 Å². The molecule has 8 nitrogen and oxygen atoms in total. The van der Waals surface area contributed by atoms with Crippen molar-refractivity contribution in [3.63, 3.8) is 0 Å². The van der Waals surface area contributed by atoms with Crippen LogP contribution in [0, 0.1) is 0 Å². The van der Waals surface area contributed by atoms with Gasteiger partial charge in [0.25, 0.3) is 0 Å². The number of piperidine rings is 1. The first-order chi connectivity index (χ1) is 16.9. The topological polar surface area (TPSA) is 98.4 Å². The highest BCUT2D eigenvalue weighted by molar-refractivity contribution is 7.91. The zero-order chi connectivity index (χ0) is 24.4. The number of aromatic amines is 1. The van der Waals surface area contributed by atoms with Gasteiger partial charge in [0.05, 0.1) is 28.4 Å². The summed E-state index contributed by atoms with van der Waals surface area (Å²) in [4.78, 5) is 24.8. The number of urea groups is 1. The number of carbonyl (C=O) groups excluding carboxylic acids is 1. The third-order valence-corrected chi connectivity index (χ3v) is 8.72. The molecule has 10 heteroatoms. The number of carbonyl (C=O) groups is 1. The maximum atomic E-state index is 12.9. The van der Waals surface area contributed by atoms with Crippen molar-refractivity contribution in [2.75, 3.05) is 43.0 Å². The van der Waals surface area contributed by atoms with Crippen LogP contribution in [-0.4, -0.2) is 77.9 Å². The van der Waals surface area contributed by atoms with Crippen LogP contribution in [0.4, 0.5) is 10.5 Å². The molecule has 0 radical (unpaired) electrons. The number of H-pyrrole nitrogens is 1. The van der Waals surface area contributed by atoms with E-state index in [0.717, 1.165) is 24.1 Å². The Morgan fingerprint density at radius 3 is 2.46 bits per heavy atom. The summed E-state index contributed by atoms with van der Waals surface area (Å²) in [6.07, 6.45) is 3.45. The average molecular weight is 514 g/mol. The number of halogens is 1. The van der Waals surface area contributed by atoms with Gasteiger partial charge in [-0.15, -0.1) is 0 Å². The van der Waals surface area contributed by atoms with Gasteiger partial charge in [0, 0.05) is 43.5 Å². The summed E-state index contributed by atoms with van der Waals surface area (Å²) >= 11 is 6.45. The molecule has 0 saturated carbocycles. The number of nitrogens with zero attached hydrogens (tertiary/aromatic N) is 3. The van der Waals surface area contributed by atoms with E-state index in [9.17, 15) is 13.2 Å². The van der Waals surface area contributed by atoms with Gasteiger partial charge in [0.15, 0.2) is 9.84 Å². The van der Waals surface area contributed by atoms with Crippen molar-refractivity contribution in [1.82, 2.24) is 19.8 Å². The second-order valence-corrected chi connectivity index (χ2v) is 11.8. The lowest BCUT2D eigenvalue weighted by Gasteiger charge is -2.39. The molecule has 0 atom stereocenters. The predicted molar refractivity (Wildman–Crippen MR) is 138 cm³/mol. The Morgan fingerprint density at radius 1 is 1.03 bits per heavy atom. The molecule has 2 saturated heterocycles. The van der Waals surface area contributed by atoms with Gasteiger partial charge in [-0.2, -0.15) is 0 Å². The fraction of sp³-hybridized carbons (Fsp3) is 0.360. The minimum atomic E-state index is -2.89. The van der Waals surface area contributed by atoms with Crippen molar-refractivity contribution in [1.29, 1.82) is 0 Å². The number of benzene rings is 2. The van der Waals surface area contributed by atoms with E-state index in [4.69, 9.17) is 11.6 Å². The van der Waals surface area contributed by atoms with Crippen molar-refractivity contribution in [3.05, 3.63) is 59.8 Å². The minimum Gasteiger partial charge on any atom is -0.338 e. The lowest BCUT2D eigenvalue weighted by atomic mass is 10.0. The van der Waals surface area contributed by atoms with Crippen LogP contribution in [0.5, 0.6) is 0 Å². The molecule has 184 valence electrons. The number of rotatable bonds is 4. The SMILES string of the molecule is O=C(Nc1ccc(Cl)c(-c2ncc(-c3ccccc3)[nH]2)c1)N1CCC(N2CCS(=O)(=O)CC2)CC1. The van der Waals surface area contributed by atoms with Crippen LogP contribution in [0.3, 0.4) is 0 Å². The first kappa shape index (κ1) is 23.8. The van der Waals surface area contributed by atoms with Crippen LogP contribution in [-0.2, 0) is 9.84 Å². The molecular formula is C25H28ClN5O3S. The number of aromatic nitrogens is 2. The Hall–Kier alpha value is -2.88. The number of hydrogen-bond donors (Lipinski definition) is 2. The van der Waals surface area contributed by atoms with E-state index in [1.807, 2.05) is 41.3 Å². The van der Waals surface area contributed by atoms with Crippen LogP contribution in [0.15, 0.2) is 54.7 Å². The van der Waals surface area contributed by atoms with Gasteiger partial charge in [0.2, 0.25) is 0 Å². The summed E-state index contributed by atoms with van der Waals surface area (Å²) < 4.78 is 23.4. The van der Waals surface area contributed by atoms with Crippen LogP contribution in [0.1, 0.15) is 12.8 Å². The van der Waals surface area contributed by atoms with Gasteiger partial charge in [-0.05, 0) is 36.6 Å². The third kappa shape index (κ3) is 5.52. The van der Waals surface area contributed by atoms with E-state index in [0.29, 0.717) is 54.3 Å². The predicted octanol–water partition coefficient (Wildman–Crippen LogP) is 4.12. The van der Waals surface area contributed by atoms with Crippen molar-refractivity contribution in [2.45, 2.75) is 18.9 Å². The largest absolute Gasteiger partial charge is 0.338 e. The molecule has 2 N–H and O–H groups in total. The summed E-state index contributed by atoms with van der Waals surface area (Å²) in [6.45, 7) is 2.45. The molecule has 1 aromatic heterocycles. The van der Waals surface area contributed by atoms with Gasteiger partial charge in [-0.3, -0.25) is 4.90 Å². The van der Waals surface area contributed by atoms with Crippen molar-refractivity contribution >= 4 is 33.2 Å². The van der Waals surface area contributed by atoms with Crippen molar-refractivity contribution in [3.8, 4) is 22.6 Å². The fourth-order valence-electron chi connectivity index (χ4n) is 4.74. The van der Waals surface area contributed by atoms with E-state index in [2.05, 4.69) is 20.2 Å². The van der Waals surface area contributed by atoms with Gasteiger partial charge in [-0.1, -0.05) is 41.9 Å². The fourth-order valence-corrected chi connectivity index (χ4v) is 6.17. The summed E-state index contributed by atoms with van der Waals surface area (Å²) in [6, 6.07) is 15.5. The molecule has 3 heterocycles. The molecule has 0 spiro atoms. The van der Waals surface area contributed by atoms with Gasteiger partial charge in [-0.25, -0.2) is 18.2 Å². The smallest absolute Gasteiger partial charge is 0.321 e. The number of likely N-dealkylation sites (tertiary alicyclic amines) is 1. The highest BCUT2D eigenvalue weighted by atomic mass is 35.5. The summed E-state index contributed by atoms with van der Waals surface area (Å²) in [5.74, 6) is 1.10. The molecule has 5 rings (SSSR count). The summed E-state index contributed by atoms with van der Waals surface area (Å²) in [7, 11) is -2.89. The van der Waals surface area contributed by atoms with E-state index >= 15 is 0 Å². The number of hydrogen-bond acceptors (Lipinski definition) is 5. The number of imidazole rings is 1. The summed E-state index contributed by atoms with van der Waals surface area (Å²) in [5.41, 5.74) is 3.28. The lowest BCUT2D eigenvalue weighted by Crippen LogP contribution is -2.51. The van der Waals surface area contributed by atoms with Crippen molar-refractivity contribution in [2.24, 2.45) is 0 Å². The lowest BCUT2D eigenvalue weighted by molar-refractivity contribution is 0.128. The molecule has 35 heavy (non-hydrogen) atoms. The Kier molecular flexibility index (Phi) is 6.82. The van der Waals surface area contributed by atoms with E-state index < -0.39 is 9.84 Å². The molecule has 3 aromatic rings. The second-order valence-electron chi connectivity index (χ2n) is 9.04. The third-order valence-electron chi connectivity index (χ3n) is 6.78. The molecule has 0 aliphatic carbocycles. The highest BCUT2D eigenvalue weighted by Crippen LogP contribution is 2.31. The number of sulfone groups is 1. The first-order valence-electron chi connectivity index (χ1n) is 11.8. The molecule has 2 fully saturated rings. The molecule has 2 amide bonds. The van der Waals surface area contributed by atoms with E-state index in [1.54, 1.807) is 18.3 Å². The Labute approximate surface area is 210 Å². The number of amides is 2. The van der Waals surface area contributed by atoms with Crippen LogP contribution >= 0.6 is 11.6 Å². The Morgan fingerprint density at radius 2 is 1.74 bits per heavy atom. The molecule has 2 aromatic carbocycles. The number of anilines is 1. The molecule has 0 unspecified atom stereocenters. The van der Waals surface area contributed by atoms with Crippen LogP contribution in [0.25, 0.3) is 22.6 Å². The maximum Gasteiger partial charge on any atom is 0.321 e. The zero-order valence-electron chi connectivity index (χ0n) is 19.3. The van der Waals surface area contributed by atoms with Gasteiger partial charge >= 0.3 is 6.03 Å². The quantitative estimate of drug-likeness (QED) is 0.546. The van der Waals surface area contributed by atoms with Gasteiger partial charge in [0.1, 0.15) is 5.82 Å². The standard InChI is InChI=1S/C25H28ClN5O3S/c26-22-7-6-19(16-21(22)24-27-17-23(29-24)18-4-2-1-3-5-18)28-25(32)31-10-8-20(9-11-31)30-12-14-35(33,34)15-13-30/h1-7,16-17,20H,8-15H2,(H,27,29)(H,28,32). The summed E-state index contributed by atoms with van der Waals surface area (Å²) in [5, 5.41) is 3.53. The molecule has 0 bridgehead atoms. The van der Waals surface area contributed by atoms with Gasteiger partial charge < -0.3 is 15.2 Å². The molecular weight excluding hydrogens is 486 g/mol.